The molecular formula is C13H18BrNO2S. The van der Waals surface area contributed by atoms with Crippen molar-refractivity contribution in [3.63, 3.8) is 0 Å². The number of nitrogens with zero attached hydrogens (tertiary/aromatic N) is 1. The van der Waals surface area contributed by atoms with E-state index in [1.807, 2.05) is 0 Å². The predicted molar refractivity (Wildman–Crippen MR) is 77.4 cm³/mol. The van der Waals surface area contributed by atoms with Gasteiger partial charge in [0.2, 0.25) is 0 Å². The van der Waals surface area contributed by atoms with Gasteiger partial charge in [0.15, 0.2) is 3.92 Å². The number of allylic oxidation sites excluding steroid dienone is 2. The van der Waals surface area contributed by atoms with Crippen LogP contribution >= 0.6 is 27.3 Å². The zero-order valence-electron chi connectivity index (χ0n) is 10.9. The molecule has 0 aromatic carbocycles. The second-order valence-corrected chi connectivity index (χ2v) is 7.00. The summed E-state index contributed by atoms with van der Waals surface area (Å²) < 4.78 is 6.57. The topological polar surface area (TPSA) is 39.2 Å². The Kier molecular flexibility index (Phi) is 6.57. The smallest absolute Gasteiger partial charge is 0.159 e. The first-order valence-electron chi connectivity index (χ1n) is 5.91. The molecule has 3 nitrogen and oxygen atoms in total. The molecule has 18 heavy (non-hydrogen) atoms. The van der Waals surface area contributed by atoms with Crippen molar-refractivity contribution in [3.8, 4) is 0 Å². The van der Waals surface area contributed by atoms with Crippen molar-refractivity contribution >= 4 is 33.6 Å². The Balaban J connectivity index is 2.58. The normalized spacial score (nSPS) is 13.7. The summed E-state index contributed by atoms with van der Waals surface area (Å²) in [7, 11) is 0. The van der Waals surface area contributed by atoms with Gasteiger partial charge in [-0.25, -0.2) is 4.98 Å². The van der Waals surface area contributed by atoms with E-state index < -0.39 is 0 Å². The van der Waals surface area contributed by atoms with Crippen molar-refractivity contribution < 1.29 is 9.53 Å². The lowest BCUT2D eigenvalue weighted by atomic mass is 9.97. The maximum Gasteiger partial charge on any atom is 0.159 e. The fourth-order valence-corrected chi connectivity index (χ4v) is 3.02. The Morgan fingerprint density at radius 2 is 2.28 bits per heavy atom. The number of halogens is 1. The van der Waals surface area contributed by atoms with Crippen LogP contribution in [0.3, 0.4) is 0 Å². The molecule has 0 saturated heterocycles. The van der Waals surface area contributed by atoms with E-state index >= 15 is 0 Å². The minimum Gasteiger partial charge on any atom is -0.492 e. The quantitative estimate of drug-likeness (QED) is 0.427. The standard InChI is InChI=1S/C13H18BrNO2S/c1-9(2)6-10(3)12(4-5-16)17-8-11-7-15-13(14)18-11/h4-5,7,9-10H,6,8H2,1-3H3/b12-4+. The zero-order chi connectivity index (χ0) is 13.5. The van der Waals surface area contributed by atoms with Gasteiger partial charge in [0, 0.05) is 18.2 Å². The summed E-state index contributed by atoms with van der Waals surface area (Å²) in [6.07, 6.45) is 5.09. The third-order valence-electron chi connectivity index (χ3n) is 2.45. The number of hydrogen-bond donors (Lipinski definition) is 0. The second-order valence-electron chi connectivity index (χ2n) is 4.60. The van der Waals surface area contributed by atoms with Crippen LogP contribution in [0.1, 0.15) is 32.1 Å². The highest BCUT2D eigenvalue weighted by Gasteiger charge is 2.13. The molecular weight excluding hydrogens is 314 g/mol. The molecule has 5 heteroatoms. The molecule has 0 bridgehead atoms. The molecule has 0 aliphatic heterocycles. The fraction of sp³-hybridized carbons (Fsp3) is 0.538. The lowest BCUT2D eigenvalue weighted by molar-refractivity contribution is -0.104. The number of ether oxygens (including phenoxy) is 1. The monoisotopic (exact) mass is 331 g/mol. The van der Waals surface area contributed by atoms with Crippen molar-refractivity contribution in [2.45, 2.75) is 33.8 Å². The molecule has 100 valence electrons. The highest BCUT2D eigenvalue weighted by molar-refractivity contribution is 9.11. The lowest BCUT2D eigenvalue weighted by Gasteiger charge is -2.18. The molecule has 1 atom stereocenters. The summed E-state index contributed by atoms with van der Waals surface area (Å²) in [6, 6.07) is 0. The molecule has 0 amide bonds. The average molecular weight is 332 g/mol. The highest BCUT2D eigenvalue weighted by Crippen LogP contribution is 2.24. The van der Waals surface area contributed by atoms with E-state index in [9.17, 15) is 4.79 Å². The van der Waals surface area contributed by atoms with Crippen LogP contribution in [0.4, 0.5) is 0 Å². The molecule has 0 aliphatic carbocycles. The van der Waals surface area contributed by atoms with Crippen molar-refractivity contribution in [1.82, 2.24) is 4.98 Å². The Morgan fingerprint density at radius 1 is 1.56 bits per heavy atom. The molecule has 1 aromatic rings. The Bertz CT molecular complexity index is 415. The highest BCUT2D eigenvalue weighted by atomic mass is 79.9. The number of thiazole rings is 1. The van der Waals surface area contributed by atoms with E-state index in [1.54, 1.807) is 6.20 Å². The van der Waals surface area contributed by atoms with E-state index in [2.05, 4.69) is 41.7 Å². The van der Waals surface area contributed by atoms with Crippen LogP contribution < -0.4 is 0 Å². The number of carbonyl (C=O) groups excluding carboxylic acids is 1. The van der Waals surface area contributed by atoms with Gasteiger partial charge in [0.1, 0.15) is 18.7 Å². The minimum absolute atomic E-state index is 0.256. The van der Waals surface area contributed by atoms with E-state index in [1.165, 1.54) is 17.4 Å². The van der Waals surface area contributed by atoms with Crippen molar-refractivity contribution in [2.24, 2.45) is 11.8 Å². The Labute approximate surface area is 120 Å². The molecule has 1 unspecified atom stereocenters. The third kappa shape index (κ3) is 5.31. The molecule has 1 rings (SSSR count). The first kappa shape index (κ1) is 15.4. The second kappa shape index (κ2) is 7.69. The molecule has 0 saturated carbocycles. The van der Waals surface area contributed by atoms with Crippen LogP contribution in [0.5, 0.6) is 0 Å². The van der Waals surface area contributed by atoms with Crippen LogP contribution in [0.2, 0.25) is 0 Å². The molecule has 1 aromatic heterocycles. The first-order chi connectivity index (χ1) is 8.52. The summed E-state index contributed by atoms with van der Waals surface area (Å²) in [4.78, 5) is 15.8. The van der Waals surface area contributed by atoms with Crippen molar-refractivity contribution in [2.75, 3.05) is 0 Å². The third-order valence-corrected chi connectivity index (χ3v) is 3.90. The van der Waals surface area contributed by atoms with E-state index in [0.717, 1.165) is 27.3 Å². The zero-order valence-corrected chi connectivity index (χ0v) is 13.3. The fourth-order valence-electron chi connectivity index (χ4n) is 1.75. The van der Waals surface area contributed by atoms with Gasteiger partial charge in [-0.15, -0.1) is 11.3 Å². The SMILES string of the molecule is CC(C)CC(C)/C(=C\C=O)OCc1cnc(Br)s1. The molecule has 0 aliphatic rings. The van der Waals surface area contributed by atoms with Gasteiger partial charge in [-0.1, -0.05) is 20.8 Å². The summed E-state index contributed by atoms with van der Waals surface area (Å²) in [5.41, 5.74) is 0. The van der Waals surface area contributed by atoms with Crippen LogP contribution in [-0.4, -0.2) is 11.3 Å². The van der Waals surface area contributed by atoms with Gasteiger partial charge in [0.25, 0.3) is 0 Å². The van der Waals surface area contributed by atoms with E-state index in [0.29, 0.717) is 12.5 Å². The molecule has 0 spiro atoms. The van der Waals surface area contributed by atoms with Gasteiger partial charge in [-0.2, -0.15) is 0 Å². The lowest BCUT2D eigenvalue weighted by Crippen LogP contribution is -2.07. The maximum absolute atomic E-state index is 10.6. The molecule has 0 fully saturated rings. The van der Waals surface area contributed by atoms with Gasteiger partial charge < -0.3 is 4.74 Å². The van der Waals surface area contributed by atoms with Gasteiger partial charge in [-0.3, -0.25) is 4.79 Å². The summed E-state index contributed by atoms with van der Waals surface area (Å²) in [5.74, 6) is 1.59. The number of rotatable bonds is 7. The largest absolute Gasteiger partial charge is 0.492 e. The van der Waals surface area contributed by atoms with Crippen molar-refractivity contribution in [3.05, 3.63) is 26.8 Å². The van der Waals surface area contributed by atoms with Gasteiger partial charge in [-0.05, 0) is 28.3 Å². The average Bonchev–Trinajstić information content (AvgIpc) is 2.69. The number of hydrogen-bond acceptors (Lipinski definition) is 4. The minimum atomic E-state index is 0.256. The maximum atomic E-state index is 10.6. The molecule has 0 N–H and O–H groups in total. The van der Waals surface area contributed by atoms with E-state index in [-0.39, 0.29) is 5.92 Å². The summed E-state index contributed by atoms with van der Waals surface area (Å²) in [5, 5.41) is 0. The van der Waals surface area contributed by atoms with Gasteiger partial charge in [0.05, 0.1) is 4.88 Å². The van der Waals surface area contributed by atoms with Crippen LogP contribution in [-0.2, 0) is 16.1 Å². The van der Waals surface area contributed by atoms with Gasteiger partial charge >= 0.3 is 0 Å². The number of carbonyl (C=O) groups is 1. The predicted octanol–water partition coefficient (Wildman–Crippen LogP) is 4.19. The Hall–Kier alpha value is -0.680. The molecule has 0 radical (unpaired) electrons. The van der Waals surface area contributed by atoms with E-state index in [4.69, 9.17) is 4.74 Å². The van der Waals surface area contributed by atoms with Crippen LogP contribution in [0, 0.1) is 11.8 Å². The molecule has 1 heterocycles. The van der Waals surface area contributed by atoms with Crippen molar-refractivity contribution in [1.29, 1.82) is 0 Å². The summed E-state index contributed by atoms with van der Waals surface area (Å²) in [6.45, 7) is 6.87. The summed E-state index contributed by atoms with van der Waals surface area (Å²) >= 11 is 4.85. The first-order valence-corrected chi connectivity index (χ1v) is 7.52. The Morgan fingerprint density at radius 3 is 2.78 bits per heavy atom. The van der Waals surface area contributed by atoms with Crippen LogP contribution in [0.25, 0.3) is 0 Å². The number of aldehydes is 1. The van der Waals surface area contributed by atoms with Crippen LogP contribution in [0.15, 0.2) is 21.9 Å². The number of aromatic nitrogens is 1.